The number of aryl methyl sites for hydroxylation is 2. The van der Waals surface area contributed by atoms with E-state index in [0.717, 1.165) is 14.5 Å². The SMILES string of the molecule is Cc1ccc(C)c(C(NN)c2cc(Br)ccc2Br)c1. The molecule has 0 saturated carbocycles. The Kier molecular flexibility index (Phi) is 4.79. The quantitative estimate of drug-likeness (QED) is 0.609. The smallest absolute Gasteiger partial charge is 0.0724 e. The van der Waals surface area contributed by atoms with E-state index in [0.29, 0.717) is 0 Å². The minimum absolute atomic E-state index is 0.0354. The van der Waals surface area contributed by atoms with Gasteiger partial charge in [-0.1, -0.05) is 55.6 Å². The predicted molar refractivity (Wildman–Crippen MR) is 86.9 cm³/mol. The molecule has 1 unspecified atom stereocenters. The molecule has 0 aliphatic heterocycles. The Labute approximate surface area is 130 Å². The molecule has 0 spiro atoms. The van der Waals surface area contributed by atoms with Gasteiger partial charge in [0.1, 0.15) is 0 Å². The van der Waals surface area contributed by atoms with E-state index in [2.05, 4.69) is 75.4 Å². The van der Waals surface area contributed by atoms with E-state index in [4.69, 9.17) is 5.84 Å². The van der Waals surface area contributed by atoms with Crippen LogP contribution in [0.1, 0.15) is 28.3 Å². The zero-order chi connectivity index (χ0) is 14.0. The van der Waals surface area contributed by atoms with Gasteiger partial charge in [0.05, 0.1) is 6.04 Å². The summed E-state index contributed by atoms with van der Waals surface area (Å²) in [5.74, 6) is 5.79. The van der Waals surface area contributed by atoms with Crippen molar-refractivity contribution in [3.05, 3.63) is 67.6 Å². The van der Waals surface area contributed by atoms with Gasteiger partial charge in [0, 0.05) is 8.95 Å². The molecule has 100 valence electrons. The first-order valence-corrected chi connectivity index (χ1v) is 7.59. The highest BCUT2D eigenvalue weighted by Gasteiger charge is 2.17. The molecule has 0 radical (unpaired) electrons. The molecular formula is C15H16Br2N2. The van der Waals surface area contributed by atoms with Crippen molar-refractivity contribution >= 4 is 31.9 Å². The van der Waals surface area contributed by atoms with Crippen LogP contribution >= 0.6 is 31.9 Å². The lowest BCUT2D eigenvalue weighted by Gasteiger charge is -2.21. The second-order valence-corrected chi connectivity index (χ2v) is 6.40. The number of hydrazine groups is 1. The first-order valence-electron chi connectivity index (χ1n) is 6.01. The molecule has 0 aromatic heterocycles. The molecule has 0 aliphatic carbocycles. The Morgan fingerprint density at radius 1 is 1.00 bits per heavy atom. The molecule has 0 amide bonds. The van der Waals surface area contributed by atoms with E-state index in [9.17, 15) is 0 Å². The number of nitrogens with two attached hydrogens (primary N) is 1. The normalized spacial score (nSPS) is 12.5. The Hall–Kier alpha value is -0.680. The number of benzene rings is 2. The van der Waals surface area contributed by atoms with Gasteiger partial charge in [-0.05, 0) is 48.7 Å². The number of hydrogen-bond donors (Lipinski definition) is 2. The van der Waals surface area contributed by atoms with Crippen LogP contribution in [-0.4, -0.2) is 0 Å². The summed E-state index contributed by atoms with van der Waals surface area (Å²) in [4.78, 5) is 0. The van der Waals surface area contributed by atoms with Crippen molar-refractivity contribution in [1.82, 2.24) is 5.43 Å². The average Bonchev–Trinajstić information content (AvgIpc) is 2.38. The molecule has 1 atom stereocenters. The Bertz CT molecular complexity index is 545. The number of hydrogen-bond acceptors (Lipinski definition) is 2. The average molecular weight is 384 g/mol. The molecule has 0 aliphatic rings. The summed E-state index contributed by atoms with van der Waals surface area (Å²) in [6, 6.07) is 12.5. The molecule has 2 rings (SSSR count). The van der Waals surface area contributed by atoms with E-state index < -0.39 is 0 Å². The third-order valence-corrected chi connectivity index (χ3v) is 4.40. The Morgan fingerprint density at radius 2 is 1.74 bits per heavy atom. The van der Waals surface area contributed by atoms with Gasteiger partial charge >= 0.3 is 0 Å². The van der Waals surface area contributed by atoms with E-state index >= 15 is 0 Å². The van der Waals surface area contributed by atoms with Gasteiger partial charge < -0.3 is 0 Å². The van der Waals surface area contributed by atoms with Crippen molar-refractivity contribution in [2.24, 2.45) is 5.84 Å². The zero-order valence-electron chi connectivity index (χ0n) is 10.9. The molecular weight excluding hydrogens is 368 g/mol. The third kappa shape index (κ3) is 3.26. The highest BCUT2D eigenvalue weighted by molar-refractivity contribution is 9.11. The summed E-state index contributed by atoms with van der Waals surface area (Å²) >= 11 is 7.11. The van der Waals surface area contributed by atoms with Crippen LogP contribution in [0.5, 0.6) is 0 Å². The van der Waals surface area contributed by atoms with E-state index in [1.165, 1.54) is 16.7 Å². The number of nitrogens with one attached hydrogen (secondary N) is 1. The molecule has 0 heterocycles. The van der Waals surface area contributed by atoms with Crippen molar-refractivity contribution in [2.75, 3.05) is 0 Å². The topological polar surface area (TPSA) is 38.0 Å². The first-order chi connectivity index (χ1) is 9.02. The molecule has 3 N–H and O–H groups in total. The zero-order valence-corrected chi connectivity index (χ0v) is 14.0. The molecule has 19 heavy (non-hydrogen) atoms. The highest BCUT2D eigenvalue weighted by atomic mass is 79.9. The molecule has 0 saturated heterocycles. The lowest BCUT2D eigenvalue weighted by Crippen LogP contribution is -2.29. The Morgan fingerprint density at radius 3 is 2.42 bits per heavy atom. The minimum atomic E-state index is -0.0354. The summed E-state index contributed by atoms with van der Waals surface area (Å²) in [6.07, 6.45) is 0. The maximum Gasteiger partial charge on any atom is 0.0724 e. The molecule has 2 nitrogen and oxygen atoms in total. The number of rotatable bonds is 3. The van der Waals surface area contributed by atoms with Crippen LogP contribution in [0.2, 0.25) is 0 Å². The van der Waals surface area contributed by atoms with Crippen molar-refractivity contribution in [2.45, 2.75) is 19.9 Å². The van der Waals surface area contributed by atoms with E-state index in [1.807, 2.05) is 12.1 Å². The van der Waals surface area contributed by atoms with Gasteiger partial charge in [-0.2, -0.15) is 0 Å². The molecule has 4 heteroatoms. The molecule has 0 fully saturated rings. The maximum atomic E-state index is 5.79. The fraction of sp³-hybridized carbons (Fsp3) is 0.200. The van der Waals surface area contributed by atoms with Crippen LogP contribution in [0.3, 0.4) is 0 Å². The standard InChI is InChI=1S/C15H16Br2N2/c1-9-3-4-10(2)12(7-9)15(19-18)13-8-11(16)5-6-14(13)17/h3-8,15,19H,18H2,1-2H3. The molecule has 2 aromatic carbocycles. The summed E-state index contributed by atoms with van der Waals surface area (Å²) in [5, 5.41) is 0. The lowest BCUT2D eigenvalue weighted by atomic mass is 9.94. The summed E-state index contributed by atoms with van der Waals surface area (Å²) < 4.78 is 2.08. The van der Waals surface area contributed by atoms with Gasteiger partial charge in [-0.3, -0.25) is 5.84 Å². The van der Waals surface area contributed by atoms with E-state index in [-0.39, 0.29) is 6.04 Å². The monoisotopic (exact) mass is 382 g/mol. The minimum Gasteiger partial charge on any atom is -0.271 e. The van der Waals surface area contributed by atoms with Crippen molar-refractivity contribution in [3.8, 4) is 0 Å². The fourth-order valence-corrected chi connectivity index (χ4v) is 3.01. The van der Waals surface area contributed by atoms with Crippen LogP contribution < -0.4 is 11.3 Å². The number of halogens is 2. The van der Waals surface area contributed by atoms with Crippen LogP contribution in [0.15, 0.2) is 45.3 Å². The highest BCUT2D eigenvalue weighted by Crippen LogP contribution is 2.32. The predicted octanol–water partition coefficient (Wildman–Crippen LogP) is 4.38. The third-order valence-electron chi connectivity index (χ3n) is 3.18. The molecule has 0 bridgehead atoms. The molecule has 2 aromatic rings. The summed E-state index contributed by atoms with van der Waals surface area (Å²) in [5.41, 5.74) is 7.68. The van der Waals surface area contributed by atoms with Crippen molar-refractivity contribution in [1.29, 1.82) is 0 Å². The van der Waals surface area contributed by atoms with Crippen molar-refractivity contribution in [3.63, 3.8) is 0 Å². The second kappa shape index (κ2) is 6.18. The van der Waals surface area contributed by atoms with Crippen LogP contribution in [0.4, 0.5) is 0 Å². The summed E-state index contributed by atoms with van der Waals surface area (Å²) in [7, 11) is 0. The van der Waals surface area contributed by atoms with E-state index in [1.54, 1.807) is 0 Å². The van der Waals surface area contributed by atoms with Gasteiger partial charge in [-0.15, -0.1) is 0 Å². The van der Waals surface area contributed by atoms with Gasteiger partial charge in [0.2, 0.25) is 0 Å². The second-order valence-electron chi connectivity index (χ2n) is 4.63. The fourth-order valence-electron chi connectivity index (χ4n) is 2.15. The van der Waals surface area contributed by atoms with Gasteiger partial charge in [0.25, 0.3) is 0 Å². The summed E-state index contributed by atoms with van der Waals surface area (Å²) in [6.45, 7) is 4.19. The van der Waals surface area contributed by atoms with Crippen LogP contribution in [-0.2, 0) is 0 Å². The Balaban J connectivity index is 2.55. The lowest BCUT2D eigenvalue weighted by molar-refractivity contribution is 0.631. The van der Waals surface area contributed by atoms with Crippen molar-refractivity contribution < 1.29 is 0 Å². The van der Waals surface area contributed by atoms with Gasteiger partial charge in [0.15, 0.2) is 0 Å². The largest absolute Gasteiger partial charge is 0.271 e. The van der Waals surface area contributed by atoms with Crippen LogP contribution in [0.25, 0.3) is 0 Å². The maximum absolute atomic E-state index is 5.79. The van der Waals surface area contributed by atoms with Crippen LogP contribution in [0, 0.1) is 13.8 Å². The van der Waals surface area contributed by atoms with Gasteiger partial charge in [-0.25, -0.2) is 5.43 Å². The first kappa shape index (κ1) is 14.7.